The van der Waals surface area contributed by atoms with Crippen molar-refractivity contribution in [3.8, 4) is 11.1 Å². The molecule has 0 fully saturated rings. The summed E-state index contributed by atoms with van der Waals surface area (Å²) in [6.07, 6.45) is 0.859. The molecule has 0 amide bonds. The van der Waals surface area contributed by atoms with Crippen molar-refractivity contribution in [2.75, 3.05) is 0 Å². The molecule has 3 rings (SSSR count). The maximum absolute atomic E-state index is 7.51. The van der Waals surface area contributed by atoms with E-state index in [0.717, 1.165) is 14.7 Å². The molecular weight excluding hydrogens is 468 g/mol. The molecule has 0 spiro atoms. The molecule has 0 radical (unpaired) electrons. The van der Waals surface area contributed by atoms with Gasteiger partial charge < -0.3 is 0 Å². The van der Waals surface area contributed by atoms with E-state index >= 15 is 0 Å². The Morgan fingerprint density at radius 3 is 2.24 bits per heavy atom. The molecule has 1 aliphatic carbocycles. The van der Waals surface area contributed by atoms with Gasteiger partial charge in [0.2, 0.25) is 0 Å². The molecule has 2 aromatic rings. The van der Waals surface area contributed by atoms with Crippen LogP contribution in [-0.4, -0.2) is 11.5 Å². The molecule has 0 saturated carbocycles. The number of nitrogens with one attached hydrogen (secondary N) is 1. The van der Waals surface area contributed by atoms with E-state index in [4.69, 9.17) is 28.6 Å². The van der Waals surface area contributed by atoms with E-state index in [1.807, 2.05) is 6.07 Å². The van der Waals surface area contributed by atoms with Gasteiger partial charge >= 0.3 is 166 Å². The normalized spacial score (nSPS) is 15.6. The van der Waals surface area contributed by atoms with E-state index in [2.05, 4.69) is 67.5 Å². The average Bonchev–Trinajstić information content (AvgIpc) is 2.82. The number of rotatable bonds is 3. The number of fused-ring (bicyclic) bond motifs is 3. The Morgan fingerprint density at radius 1 is 1.00 bits per heavy atom. The van der Waals surface area contributed by atoms with Crippen molar-refractivity contribution < 1.29 is 15.8 Å². The number of halogens is 3. The summed E-state index contributed by atoms with van der Waals surface area (Å²) in [6.45, 7) is 10.9. The summed E-state index contributed by atoms with van der Waals surface area (Å²) in [6, 6.07) is 12.6. The van der Waals surface area contributed by atoms with Gasteiger partial charge in [0.25, 0.3) is 0 Å². The monoisotopic (exact) mass is 490 g/mol. The summed E-state index contributed by atoms with van der Waals surface area (Å²) >= 11 is 2.29. The third kappa shape index (κ3) is 3.46. The molecule has 0 bridgehead atoms. The third-order valence-corrected chi connectivity index (χ3v) is 50.7. The van der Waals surface area contributed by atoms with Crippen LogP contribution in [0.5, 0.6) is 0 Å². The molecular formula is C19H25Cl3NSiZr. The number of benzene rings is 2. The summed E-state index contributed by atoms with van der Waals surface area (Å²) in [4.78, 5) is 0. The molecule has 0 saturated heterocycles. The first kappa shape index (κ1) is 20.1. The van der Waals surface area contributed by atoms with Crippen LogP contribution in [0.15, 0.2) is 36.4 Å². The average molecular weight is 493 g/mol. The zero-order valence-electron chi connectivity index (χ0n) is 15.4. The van der Waals surface area contributed by atoms with E-state index in [9.17, 15) is 0 Å². The quantitative estimate of drug-likeness (QED) is 0.454. The molecule has 0 heterocycles. The molecule has 1 aliphatic rings. The van der Waals surface area contributed by atoms with E-state index in [-0.39, 0.29) is 5.54 Å². The van der Waals surface area contributed by atoms with Crippen LogP contribution in [0.3, 0.4) is 0 Å². The van der Waals surface area contributed by atoms with Gasteiger partial charge in [0, 0.05) is 0 Å². The summed E-state index contributed by atoms with van der Waals surface area (Å²) in [5.41, 5.74) is 4.92. The Labute approximate surface area is 165 Å². The van der Waals surface area contributed by atoms with Gasteiger partial charge in [-0.15, -0.1) is 0 Å². The minimum atomic E-state index is -4.47. The maximum atomic E-state index is 7.51. The molecule has 1 N–H and O–H groups in total. The molecule has 0 aromatic heterocycles. The van der Waals surface area contributed by atoms with Gasteiger partial charge in [-0.3, -0.25) is 0 Å². The fraction of sp³-hybridized carbons (Fsp3) is 0.368. The molecule has 2 aromatic carbocycles. The van der Waals surface area contributed by atoms with Crippen LogP contribution in [0.25, 0.3) is 11.1 Å². The van der Waals surface area contributed by atoms with Crippen LogP contribution in [0.2, 0.25) is 18.1 Å². The summed E-state index contributed by atoms with van der Waals surface area (Å²) < 4.78 is 4.79. The standard InChI is InChI=1S/C13H8Cl.C4H10N.C2H7Si.2ClH.Zr/c14-11-5-6-13-10(8-11)7-9-3-1-2-4-12(9)13;1-4(2,3)5;1-3-2;;;/h1-6H,7H2;5H,1-3H3;3H,1-2H3;2*1H;/q;-1;;;;+3/p-2. The Hall–Kier alpha value is 0.370. The number of hydrogen-bond donors (Lipinski definition) is 1. The van der Waals surface area contributed by atoms with Crippen molar-refractivity contribution in [1.29, 1.82) is 0 Å². The Kier molecular flexibility index (Phi) is 5.20. The van der Waals surface area contributed by atoms with Crippen molar-refractivity contribution in [2.24, 2.45) is 0 Å². The molecule has 25 heavy (non-hydrogen) atoms. The van der Waals surface area contributed by atoms with Crippen LogP contribution < -0.4 is 6.53 Å². The molecule has 0 unspecified atom stereocenters. The first-order valence-electron chi connectivity index (χ1n) is 8.71. The fourth-order valence-electron chi connectivity index (χ4n) is 3.86. The number of hydrogen-bond acceptors (Lipinski definition) is 1. The van der Waals surface area contributed by atoms with Gasteiger partial charge in [-0.25, -0.2) is 0 Å². The van der Waals surface area contributed by atoms with Crippen LogP contribution in [0.1, 0.15) is 31.9 Å². The zero-order valence-corrected chi connectivity index (χ0v) is 21.3. The predicted octanol–water partition coefficient (Wildman–Crippen LogP) is 5.82. The van der Waals surface area contributed by atoms with Crippen LogP contribution in [-0.2, 0) is 22.3 Å². The molecule has 135 valence electrons. The van der Waals surface area contributed by atoms with E-state index in [1.165, 1.54) is 22.3 Å². The van der Waals surface area contributed by atoms with E-state index in [1.54, 1.807) is 0 Å². The first-order chi connectivity index (χ1) is 11.4. The second-order valence-electron chi connectivity index (χ2n) is 8.39. The van der Waals surface area contributed by atoms with Crippen molar-refractivity contribution >= 4 is 37.8 Å². The summed E-state index contributed by atoms with van der Waals surface area (Å²) in [7, 11) is 15.0. The van der Waals surface area contributed by atoms with Crippen LogP contribution >= 0.6 is 28.6 Å². The Morgan fingerprint density at radius 2 is 1.64 bits per heavy atom. The summed E-state index contributed by atoms with van der Waals surface area (Å²) in [5.74, 6) is -1.46. The van der Waals surface area contributed by atoms with E-state index in [0.29, 0.717) is 0 Å². The SMILES string of the molecule is C[SiH](C)[Zr]([Cl])([Cl])([NH]C(C)(C)C)[c]1c(Cl)ccc2c1Cc1ccccc1-2. The zero-order chi connectivity index (χ0) is 18.6. The Bertz CT molecular complexity index is 843. The van der Waals surface area contributed by atoms with Crippen LogP contribution in [0, 0.1) is 0 Å². The molecule has 0 aliphatic heterocycles. The first-order valence-corrected chi connectivity index (χ1v) is 25.0. The topological polar surface area (TPSA) is 12.0 Å². The fourth-order valence-corrected chi connectivity index (χ4v) is 30.9. The van der Waals surface area contributed by atoms with Crippen molar-refractivity contribution in [3.05, 3.63) is 52.5 Å². The van der Waals surface area contributed by atoms with Crippen molar-refractivity contribution in [2.45, 2.75) is 45.8 Å². The molecule has 6 heteroatoms. The molecule has 0 atom stereocenters. The molecule has 1 nitrogen and oxygen atoms in total. The minimum absolute atomic E-state index is 0.163. The summed E-state index contributed by atoms with van der Waals surface area (Å²) in [5, 5.41) is 0.722. The predicted molar refractivity (Wildman–Crippen MR) is 113 cm³/mol. The van der Waals surface area contributed by atoms with Gasteiger partial charge in [-0.05, 0) is 0 Å². The van der Waals surface area contributed by atoms with Crippen LogP contribution in [0.4, 0.5) is 0 Å². The van der Waals surface area contributed by atoms with Crippen molar-refractivity contribution in [1.82, 2.24) is 3.26 Å². The van der Waals surface area contributed by atoms with Gasteiger partial charge in [-0.1, -0.05) is 0 Å². The van der Waals surface area contributed by atoms with Gasteiger partial charge in [0.05, 0.1) is 0 Å². The van der Waals surface area contributed by atoms with Gasteiger partial charge in [0.15, 0.2) is 0 Å². The van der Waals surface area contributed by atoms with E-state index < -0.39 is 21.8 Å². The van der Waals surface area contributed by atoms with Gasteiger partial charge in [0.1, 0.15) is 0 Å². The second kappa shape index (κ2) is 6.47. The Balaban J connectivity index is 2.30. The third-order valence-electron chi connectivity index (χ3n) is 5.01. The van der Waals surface area contributed by atoms with Crippen molar-refractivity contribution in [3.63, 3.8) is 0 Å². The second-order valence-corrected chi connectivity index (χ2v) is 48.4. The van der Waals surface area contributed by atoms with Gasteiger partial charge in [-0.2, -0.15) is 0 Å².